The van der Waals surface area contributed by atoms with Crippen LogP contribution in [0.15, 0.2) is 24.3 Å². The van der Waals surface area contributed by atoms with Crippen molar-refractivity contribution in [2.45, 2.75) is 27.2 Å². The summed E-state index contributed by atoms with van der Waals surface area (Å²) in [6, 6.07) is 8.00. The van der Waals surface area contributed by atoms with Gasteiger partial charge in [0.15, 0.2) is 5.78 Å². The zero-order valence-electron chi connectivity index (χ0n) is 11.3. The molecule has 1 aromatic carbocycles. The van der Waals surface area contributed by atoms with Crippen molar-refractivity contribution in [2.75, 3.05) is 0 Å². The first-order chi connectivity index (χ1) is 8.47. The van der Waals surface area contributed by atoms with E-state index in [0.717, 1.165) is 11.3 Å². The molecule has 0 aliphatic rings. The normalized spacial score (nSPS) is 10.7. The van der Waals surface area contributed by atoms with Crippen LogP contribution in [0.5, 0.6) is 0 Å². The Labute approximate surface area is 107 Å². The lowest BCUT2D eigenvalue weighted by molar-refractivity contribution is 0.0984. The lowest BCUT2D eigenvalue weighted by atomic mass is 10.0. The Morgan fingerprint density at radius 2 is 1.89 bits per heavy atom. The Bertz CT molecular complexity index is 597. The Morgan fingerprint density at radius 3 is 2.44 bits per heavy atom. The highest BCUT2D eigenvalue weighted by molar-refractivity contribution is 5.96. The van der Waals surface area contributed by atoms with Gasteiger partial charge < -0.3 is 0 Å². The molecule has 3 heteroatoms. The van der Waals surface area contributed by atoms with Crippen LogP contribution in [0.4, 0.5) is 0 Å². The number of hydrogen-bond acceptors (Lipinski definition) is 2. The monoisotopic (exact) mass is 242 g/mol. The van der Waals surface area contributed by atoms with Gasteiger partial charge in [-0.15, -0.1) is 0 Å². The third-order valence-electron chi connectivity index (χ3n) is 3.22. The molecule has 0 bridgehead atoms. The van der Waals surface area contributed by atoms with Crippen LogP contribution in [0.1, 0.15) is 32.9 Å². The number of carbonyl (C=O) groups is 1. The van der Waals surface area contributed by atoms with Crippen LogP contribution in [0.25, 0.3) is 0 Å². The molecule has 2 rings (SSSR count). The molecule has 2 aromatic rings. The largest absolute Gasteiger partial charge is 0.292 e. The van der Waals surface area contributed by atoms with Crippen LogP contribution in [-0.4, -0.2) is 15.6 Å². The molecule has 0 saturated heterocycles. The van der Waals surface area contributed by atoms with Gasteiger partial charge in [-0.1, -0.05) is 18.2 Å². The lowest BCUT2D eigenvalue weighted by Gasteiger charge is -2.05. The Hall–Kier alpha value is -1.90. The molecule has 0 aliphatic carbocycles. The van der Waals surface area contributed by atoms with Gasteiger partial charge in [-0.25, -0.2) is 0 Å². The van der Waals surface area contributed by atoms with E-state index < -0.39 is 0 Å². The van der Waals surface area contributed by atoms with E-state index >= 15 is 0 Å². The van der Waals surface area contributed by atoms with Gasteiger partial charge in [0, 0.05) is 13.5 Å². The predicted octanol–water partition coefficient (Wildman–Crippen LogP) is 2.77. The molecular formula is C15H18N2O. The summed E-state index contributed by atoms with van der Waals surface area (Å²) in [6.45, 7) is 6.04. The maximum atomic E-state index is 12.2. The van der Waals surface area contributed by atoms with Crippen molar-refractivity contribution in [1.82, 2.24) is 9.78 Å². The number of hydrogen-bond donors (Lipinski definition) is 0. The van der Waals surface area contributed by atoms with E-state index in [0.29, 0.717) is 12.1 Å². The Morgan fingerprint density at radius 1 is 1.17 bits per heavy atom. The van der Waals surface area contributed by atoms with Crippen LogP contribution >= 0.6 is 0 Å². The van der Waals surface area contributed by atoms with Crippen molar-refractivity contribution < 1.29 is 4.79 Å². The van der Waals surface area contributed by atoms with E-state index in [2.05, 4.69) is 31.1 Å². The molecule has 0 unspecified atom stereocenters. The number of carbonyl (C=O) groups excluding carboxylic acids is 1. The molecule has 0 radical (unpaired) electrons. The second kappa shape index (κ2) is 4.77. The number of benzene rings is 1. The van der Waals surface area contributed by atoms with Crippen molar-refractivity contribution in [2.24, 2.45) is 7.05 Å². The van der Waals surface area contributed by atoms with Crippen molar-refractivity contribution in [1.29, 1.82) is 0 Å². The van der Waals surface area contributed by atoms with E-state index in [1.54, 1.807) is 11.7 Å². The molecule has 0 amide bonds. The molecule has 1 aromatic heterocycles. The van der Waals surface area contributed by atoms with Crippen molar-refractivity contribution in [3.05, 3.63) is 52.3 Å². The summed E-state index contributed by atoms with van der Waals surface area (Å²) in [7, 11) is 1.81. The topological polar surface area (TPSA) is 34.9 Å². The predicted molar refractivity (Wildman–Crippen MR) is 71.9 cm³/mol. The molecule has 0 spiro atoms. The smallest absolute Gasteiger partial charge is 0.185 e. The lowest BCUT2D eigenvalue weighted by Crippen LogP contribution is -2.09. The quantitative estimate of drug-likeness (QED) is 0.776. The number of aromatic nitrogens is 2. The maximum absolute atomic E-state index is 12.2. The first-order valence-corrected chi connectivity index (χ1v) is 6.07. The van der Waals surface area contributed by atoms with E-state index in [1.807, 2.05) is 19.1 Å². The summed E-state index contributed by atoms with van der Waals surface area (Å²) in [4.78, 5) is 12.2. The number of rotatable bonds is 3. The highest BCUT2D eigenvalue weighted by Crippen LogP contribution is 2.13. The van der Waals surface area contributed by atoms with Gasteiger partial charge in [0.2, 0.25) is 0 Å². The molecule has 3 nitrogen and oxygen atoms in total. The summed E-state index contributed by atoms with van der Waals surface area (Å²) in [5.74, 6) is 0.112. The first-order valence-electron chi connectivity index (χ1n) is 6.07. The van der Waals surface area contributed by atoms with Gasteiger partial charge >= 0.3 is 0 Å². The third-order valence-corrected chi connectivity index (χ3v) is 3.22. The highest BCUT2D eigenvalue weighted by atomic mass is 16.1. The zero-order valence-corrected chi connectivity index (χ0v) is 11.3. The Balaban J connectivity index is 2.21. The number of aryl methyl sites for hydroxylation is 4. The fourth-order valence-corrected chi connectivity index (χ4v) is 2.06. The van der Waals surface area contributed by atoms with Gasteiger partial charge in [-0.2, -0.15) is 5.10 Å². The minimum atomic E-state index is 0.112. The first kappa shape index (κ1) is 12.6. The molecule has 0 N–H and O–H groups in total. The van der Waals surface area contributed by atoms with Gasteiger partial charge in [-0.3, -0.25) is 9.48 Å². The van der Waals surface area contributed by atoms with Gasteiger partial charge in [0.05, 0.1) is 5.69 Å². The van der Waals surface area contributed by atoms with Gasteiger partial charge in [0.25, 0.3) is 0 Å². The van der Waals surface area contributed by atoms with Gasteiger partial charge in [0.1, 0.15) is 5.69 Å². The van der Waals surface area contributed by atoms with Crippen LogP contribution in [0.3, 0.4) is 0 Å². The van der Waals surface area contributed by atoms with Crippen LogP contribution in [0.2, 0.25) is 0 Å². The highest BCUT2D eigenvalue weighted by Gasteiger charge is 2.12. The van der Waals surface area contributed by atoms with Crippen molar-refractivity contribution >= 4 is 5.78 Å². The summed E-state index contributed by atoms with van der Waals surface area (Å²) in [6.07, 6.45) is 0.431. The number of Topliss-reactive ketones (excluding diaryl/α,β-unsaturated/α-hetero) is 1. The fraction of sp³-hybridized carbons (Fsp3) is 0.333. The second-order valence-electron chi connectivity index (χ2n) is 4.81. The minimum absolute atomic E-state index is 0.112. The summed E-state index contributed by atoms with van der Waals surface area (Å²) < 4.78 is 1.65. The van der Waals surface area contributed by atoms with Crippen LogP contribution < -0.4 is 0 Å². The fourth-order valence-electron chi connectivity index (χ4n) is 2.06. The van der Waals surface area contributed by atoms with E-state index in [9.17, 15) is 4.79 Å². The third kappa shape index (κ3) is 2.50. The molecule has 0 aliphatic heterocycles. The van der Waals surface area contributed by atoms with Crippen molar-refractivity contribution in [3.8, 4) is 0 Å². The summed E-state index contributed by atoms with van der Waals surface area (Å²) in [5, 5.41) is 4.20. The Kier molecular flexibility index (Phi) is 3.32. The molecule has 0 atom stereocenters. The van der Waals surface area contributed by atoms with E-state index in [1.165, 1.54) is 11.1 Å². The number of nitrogens with zero attached hydrogens (tertiary/aromatic N) is 2. The maximum Gasteiger partial charge on any atom is 0.185 e. The minimum Gasteiger partial charge on any atom is -0.292 e. The van der Waals surface area contributed by atoms with Gasteiger partial charge in [-0.05, 0) is 43.5 Å². The molecule has 0 fully saturated rings. The SMILES string of the molecule is Cc1cc(C(=O)Cc2ccc(C)c(C)c2)n(C)n1. The average Bonchev–Trinajstić information content (AvgIpc) is 2.63. The molecule has 94 valence electrons. The summed E-state index contributed by atoms with van der Waals surface area (Å²) >= 11 is 0. The number of ketones is 1. The molecule has 1 heterocycles. The molecule has 18 heavy (non-hydrogen) atoms. The average molecular weight is 242 g/mol. The molecule has 0 saturated carbocycles. The zero-order chi connectivity index (χ0) is 13.3. The van der Waals surface area contributed by atoms with Crippen LogP contribution in [0, 0.1) is 20.8 Å². The van der Waals surface area contributed by atoms with E-state index in [4.69, 9.17) is 0 Å². The summed E-state index contributed by atoms with van der Waals surface area (Å²) in [5.41, 5.74) is 5.08. The second-order valence-corrected chi connectivity index (χ2v) is 4.81. The molecular weight excluding hydrogens is 224 g/mol. The standard InChI is InChI=1S/C15H18N2O/c1-10-5-6-13(7-11(10)2)9-15(18)14-8-12(3)16-17(14)4/h5-8H,9H2,1-4H3. The van der Waals surface area contributed by atoms with E-state index in [-0.39, 0.29) is 5.78 Å². The van der Waals surface area contributed by atoms with Crippen LogP contribution in [-0.2, 0) is 13.5 Å². The van der Waals surface area contributed by atoms with Crippen molar-refractivity contribution in [3.63, 3.8) is 0 Å².